The first-order valence-corrected chi connectivity index (χ1v) is 8.43. The van der Waals surface area contributed by atoms with Gasteiger partial charge in [0.2, 0.25) is 10.0 Å². The van der Waals surface area contributed by atoms with Crippen LogP contribution in [-0.4, -0.2) is 38.8 Å². The second kappa shape index (κ2) is 7.23. The van der Waals surface area contributed by atoms with Crippen LogP contribution in [0.3, 0.4) is 0 Å². The molecular formula is C14H18N6O3S. The van der Waals surface area contributed by atoms with Crippen LogP contribution >= 0.6 is 0 Å². The van der Waals surface area contributed by atoms with Crippen LogP contribution < -0.4 is 20.5 Å². The third-order valence-electron chi connectivity index (χ3n) is 3.20. The monoisotopic (exact) mass is 350 g/mol. The summed E-state index contributed by atoms with van der Waals surface area (Å²) in [7, 11) is -0.573. The molecule has 1 heterocycles. The fourth-order valence-corrected chi connectivity index (χ4v) is 2.50. The number of nitrogens with zero attached hydrogens (tertiary/aromatic N) is 2. The number of benzene rings is 1. The molecule has 0 aliphatic rings. The van der Waals surface area contributed by atoms with Gasteiger partial charge >= 0.3 is 6.01 Å². The fraction of sp³-hybridized carbons (Fsp3) is 0.214. The molecule has 0 bridgehead atoms. The number of primary sulfonamides is 1. The zero-order valence-corrected chi connectivity index (χ0v) is 14.0. The van der Waals surface area contributed by atoms with E-state index in [9.17, 15) is 8.42 Å². The van der Waals surface area contributed by atoms with Gasteiger partial charge in [-0.2, -0.15) is 9.97 Å². The molecule has 0 radical (unpaired) electrons. The van der Waals surface area contributed by atoms with Crippen molar-refractivity contribution in [1.29, 1.82) is 5.41 Å². The number of nitrogens with two attached hydrogens (primary N) is 1. The number of anilines is 2. The molecule has 0 aliphatic heterocycles. The van der Waals surface area contributed by atoms with Crippen LogP contribution in [0.15, 0.2) is 29.2 Å². The first-order valence-electron chi connectivity index (χ1n) is 6.89. The van der Waals surface area contributed by atoms with Gasteiger partial charge in [-0.15, -0.1) is 0 Å². The number of methoxy groups -OCH3 is 1. The molecule has 2 aromatic rings. The quantitative estimate of drug-likeness (QED) is 0.540. The van der Waals surface area contributed by atoms with E-state index >= 15 is 0 Å². The second-order valence-electron chi connectivity index (χ2n) is 4.76. The number of hydrogen-bond donors (Lipinski definition) is 4. The zero-order chi connectivity index (χ0) is 17.7. The molecule has 128 valence electrons. The van der Waals surface area contributed by atoms with Crippen molar-refractivity contribution in [1.82, 2.24) is 9.97 Å². The Morgan fingerprint density at radius 1 is 1.25 bits per heavy atom. The van der Waals surface area contributed by atoms with Gasteiger partial charge in [0, 0.05) is 19.8 Å². The molecule has 10 heteroatoms. The van der Waals surface area contributed by atoms with Crippen LogP contribution in [0.1, 0.15) is 11.1 Å². The third kappa shape index (κ3) is 3.97. The standard InChI is InChI=1S/C14H18N6O3S/c1-17-12-11(7-15)13(20-14(19-12)23-2)18-8-9-3-5-10(6-4-9)24(16,21)22/h3-7,15H,8H2,1-2H3,(H2,16,21,22)(H2,17,18,19,20). The topological polar surface area (TPSA) is 143 Å². The van der Waals surface area contributed by atoms with Crippen molar-refractivity contribution in [2.45, 2.75) is 11.4 Å². The summed E-state index contributed by atoms with van der Waals surface area (Å²) in [6.07, 6.45) is 1.14. The number of rotatable bonds is 7. The molecular weight excluding hydrogens is 332 g/mol. The van der Waals surface area contributed by atoms with Crippen molar-refractivity contribution in [2.24, 2.45) is 5.14 Å². The number of aromatic nitrogens is 2. The SMILES string of the molecule is CNc1nc(OC)nc(NCc2ccc(S(N)(=O)=O)cc2)c1C=N. The van der Waals surface area contributed by atoms with E-state index in [4.69, 9.17) is 15.3 Å². The van der Waals surface area contributed by atoms with E-state index in [0.29, 0.717) is 23.7 Å². The summed E-state index contributed by atoms with van der Waals surface area (Å²) in [5.74, 6) is 0.889. The lowest BCUT2D eigenvalue weighted by Crippen LogP contribution is -2.12. The molecule has 0 saturated heterocycles. The molecule has 0 unspecified atom stereocenters. The highest BCUT2D eigenvalue weighted by Gasteiger charge is 2.12. The average Bonchev–Trinajstić information content (AvgIpc) is 2.58. The highest BCUT2D eigenvalue weighted by atomic mass is 32.2. The van der Waals surface area contributed by atoms with Gasteiger partial charge in [0.1, 0.15) is 11.6 Å². The maximum Gasteiger partial charge on any atom is 0.320 e. The lowest BCUT2D eigenvalue weighted by molar-refractivity contribution is 0.381. The molecule has 0 amide bonds. The first kappa shape index (κ1) is 17.6. The maximum atomic E-state index is 11.2. The Bertz CT molecular complexity index is 836. The minimum absolute atomic E-state index is 0.0487. The molecule has 24 heavy (non-hydrogen) atoms. The van der Waals surface area contributed by atoms with Gasteiger partial charge in [-0.3, -0.25) is 0 Å². The molecule has 0 fully saturated rings. The van der Waals surface area contributed by atoms with Gasteiger partial charge in [0.05, 0.1) is 17.6 Å². The molecule has 5 N–H and O–H groups in total. The second-order valence-corrected chi connectivity index (χ2v) is 6.32. The van der Waals surface area contributed by atoms with E-state index < -0.39 is 10.0 Å². The number of hydrogen-bond acceptors (Lipinski definition) is 8. The van der Waals surface area contributed by atoms with Crippen LogP contribution in [0.25, 0.3) is 0 Å². The van der Waals surface area contributed by atoms with Gasteiger partial charge in [-0.25, -0.2) is 13.6 Å². The fourth-order valence-electron chi connectivity index (χ4n) is 1.98. The highest BCUT2D eigenvalue weighted by molar-refractivity contribution is 7.89. The third-order valence-corrected chi connectivity index (χ3v) is 4.13. The largest absolute Gasteiger partial charge is 0.467 e. The van der Waals surface area contributed by atoms with Crippen molar-refractivity contribution in [3.05, 3.63) is 35.4 Å². The molecule has 1 aromatic heterocycles. The number of sulfonamides is 1. The van der Waals surface area contributed by atoms with Crippen LogP contribution in [0.4, 0.5) is 11.6 Å². The van der Waals surface area contributed by atoms with Crippen molar-refractivity contribution in [3.8, 4) is 6.01 Å². The minimum Gasteiger partial charge on any atom is -0.467 e. The molecule has 0 atom stereocenters. The predicted molar refractivity (Wildman–Crippen MR) is 91.2 cm³/mol. The van der Waals surface area contributed by atoms with E-state index in [1.54, 1.807) is 19.2 Å². The smallest absolute Gasteiger partial charge is 0.320 e. The maximum absolute atomic E-state index is 11.2. The van der Waals surface area contributed by atoms with Crippen molar-refractivity contribution < 1.29 is 13.2 Å². The summed E-state index contributed by atoms with van der Waals surface area (Å²) in [6, 6.07) is 6.33. The summed E-state index contributed by atoms with van der Waals surface area (Å²) in [5, 5.41) is 18.6. The van der Waals surface area contributed by atoms with Crippen molar-refractivity contribution in [2.75, 3.05) is 24.8 Å². The highest BCUT2D eigenvalue weighted by Crippen LogP contribution is 2.22. The van der Waals surface area contributed by atoms with Crippen molar-refractivity contribution in [3.63, 3.8) is 0 Å². The predicted octanol–water partition coefficient (Wildman–Crippen LogP) is 0.784. The summed E-state index contributed by atoms with van der Waals surface area (Å²) < 4.78 is 27.5. The van der Waals surface area contributed by atoms with Crippen LogP contribution in [0, 0.1) is 5.41 Å². The summed E-state index contributed by atoms with van der Waals surface area (Å²) in [5.41, 5.74) is 1.31. The lowest BCUT2D eigenvalue weighted by atomic mass is 10.2. The van der Waals surface area contributed by atoms with E-state index in [2.05, 4.69) is 20.6 Å². The Morgan fingerprint density at radius 3 is 2.38 bits per heavy atom. The van der Waals surface area contributed by atoms with E-state index in [1.807, 2.05) is 0 Å². The molecule has 0 aliphatic carbocycles. The molecule has 0 saturated carbocycles. The lowest BCUT2D eigenvalue weighted by Gasteiger charge is -2.13. The van der Waals surface area contributed by atoms with Crippen LogP contribution in [-0.2, 0) is 16.6 Å². The molecule has 9 nitrogen and oxygen atoms in total. The number of nitrogens with one attached hydrogen (secondary N) is 3. The van der Waals surface area contributed by atoms with E-state index in [-0.39, 0.29) is 10.9 Å². The Morgan fingerprint density at radius 2 is 1.88 bits per heavy atom. The van der Waals surface area contributed by atoms with Crippen molar-refractivity contribution >= 4 is 27.9 Å². The van der Waals surface area contributed by atoms with E-state index in [0.717, 1.165) is 11.8 Å². The Balaban J connectivity index is 2.24. The van der Waals surface area contributed by atoms with Gasteiger partial charge in [-0.05, 0) is 17.7 Å². The Hall–Kier alpha value is -2.72. The summed E-state index contributed by atoms with van der Waals surface area (Å²) in [4.78, 5) is 8.36. The molecule has 2 rings (SSSR count). The van der Waals surface area contributed by atoms with Gasteiger partial charge in [-0.1, -0.05) is 12.1 Å². The summed E-state index contributed by atoms with van der Waals surface area (Å²) in [6.45, 7) is 0.370. The molecule has 1 aromatic carbocycles. The number of ether oxygens (including phenoxy) is 1. The van der Waals surface area contributed by atoms with Gasteiger partial charge < -0.3 is 20.8 Å². The van der Waals surface area contributed by atoms with Crippen LogP contribution in [0.5, 0.6) is 6.01 Å². The average molecular weight is 350 g/mol. The Kier molecular flexibility index (Phi) is 5.31. The normalized spacial score (nSPS) is 11.0. The van der Waals surface area contributed by atoms with Crippen LogP contribution in [0.2, 0.25) is 0 Å². The van der Waals surface area contributed by atoms with E-state index in [1.165, 1.54) is 19.2 Å². The minimum atomic E-state index is -3.71. The Labute approximate surface area is 139 Å². The van der Waals surface area contributed by atoms with Gasteiger partial charge in [0.15, 0.2) is 0 Å². The molecule has 0 spiro atoms. The first-order chi connectivity index (χ1) is 11.4. The summed E-state index contributed by atoms with van der Waals surface area (Å²) >= 11 is 0. The zero-order valence-electron chi connectivity index (χ0n) is 13.2. The van der Waals surface area contributed by atoms with Gasteiger partial charge in [0.25, 0.3) is 0 Å².